The van der Waals surface area contributed by atoms with Gasteiger partial charge in [-0.2, -0.15) is 0 Å². The summed E-state index contributed by atoms with van der Waals surface area (Å²) in [5.74, 6) is 0.296. The van der Waals surface area contributed by atoms with E-state index < -0.39 is 0 Å². The number of hydrogen-bond donors (Lipinski definition) is 1. The molecule has 1 aromatic rings. The van der Waals surface area contributed by atoms with Crippen molar-refractivity contribution in [2.75, 3.05) is 20.1 Å². The standard InChI is InChI=1S/C12H16N2O.CH5N/c15-12(14-9-1-2-10-14)4-3-11-5-7-13-8-6-11;1-2/h5-8H,1-4,9-10H2;2H2,1H3. The van der Waals surface area contributed by atoms with Crippen LogP contribution in [0.3, 0.4) is 0 Å². The highest BCUT2D eigenvalue weighted by atomic mass is 16.2. The summed E-state index contributed by atoms with van der Waals surface area (Å²) in [6, 6.07) is 3.94. The van der Waals surface area contributed by atoms with Gasteiger partial charge in [-0.15, -0.1) is 0 Å². The van der Waals surface area contributed by atoms with Crippen LogP contribution in [0.5, 0.6) is 0 Å². The number of pyridine rings is 1. The quantitative estimate of drug-likeness (QED) is 0.856. The smallest absolute Gasteiger partial charge is 0.222 e. The van der Waals surface area contributed by atoms with Gasteiger partial charge in [0.05, 0.1) is 0 Å². The zero-order valence-electron chi connectivity index (χ0n) is 10.4. The Bertz CT molecular complexity index is 321. The Labute approximate surface area is 103 Å². The number of amides is 1. The number of carbonyl (C=O) groups excluding carboxylic acids is 1. The minimum Gasteiger partial charge on any atom is -0.343 e. The van der Waals surface area contributed by atoms with Gasteiger partial charge in [-0.3, -0.25) is 9.78 Å². The first-order chi connectivity index (χ1) is 8.36. The topological polar surface area (TPSA) is 59.2 Å². The van der Waals surface area contributed by atoms with Gasteiger partial charge in [0.25, 0.3) is 0 Å². The number of rotatable bonds is 3. The first kappa shape index (κ1) is 13.6. The molecule has 0 unspecified atom stereocenters. The molecule has 1 amide bonds. The summed E-state index contributed by atoms with van der Waals surface area (Å²) >= 11 is 0. The van der Waals surface area contributed by atoms with Gasteiger partial charge in [-0.25, -0.2) is 0 Å². The number of nitrogens with two attached hydrogens (primary N) is 1. The van der Waals surface area contributed by atoms with Crippen molar-refractivity contribution >= 4 is 5.91 Å². The maximum absolute atomic E-state index is 11.7. The second-order valence-corrected chi connectivity index (χ2v) is 3.94. The van der Waals surface area contributed by atoms with Crippen molar-refractivity contribution in [1.29, 1.82) is 0 Å². The lowest BCUT2D eigenvalue weighted by Crippen LogP contribution is -2.27. The predicted molar refractivity (Wildman–Crippen MR) is 68.5 cm³/mol. The second-order valence-electron chi connectivity index (χ2n) is 3.94. The van der Waals surface area contributed by atoms with Crippen LogP contribution in [0.15, 0.2) is 24.5 Å². The van der Waals surface area contributed by atoms with Crippen LogP contribution in [0, 0.1) is 0 Å². The fourth-order valence-corrected chi connectivity index (χ4v) is 1.93. The molecule has 0 aromatic carbocycles. The van der Waals surface area contributed by atoms with Crippen molar-refractivity contribution < 1.29 is 4.79 Å². The highest BCUT2D eigenvalue weighted by Gasteiger charge is 2.16. The van der Waals surface area contributed by atoms with E-state index in [1.165, 1.54) is 25.5 Å². The van der Waals surface area contributed by atoms with E-state index in [9.17, 15) is 4.79 Å². The lowest BCUT2D eigenvalue weighted by atomic mass is 10.1. The summed E-state index contributed by atoms with van der Waals surface area (Å²) in [5.41, 5.74) is 5.69. The number of likely N-dealkylation sites (tertiary alicyclic amines) is 1. The van der Waals surface area contributed by atoms with Crippen LogP contribution in [0.2, 0.25) is 0 Å². The van der Waals surface area contributed by atoms with E-state index in [1.54, 1.807) is 12.4 Å². The minimum atomic E-state index is 0.296. The van der Waals surface area contributed by atoms with Gasteiger partial charge >= 0.3 is 0 Å². The maximum Gasteiger partial charge on any atom is 0.222 e. The fourth-order valence-electron chi connectivity index (χ4n) is 1.93. The third-order valence-corrected chi connectivity index (χ3v) is 2.84. The Morgan fingerprint density at radius 2 is 1.88 bits per heavy atom. The summed E-state index contributed by atoms with van der Waals surface area (Å²) in [5, 5.41) is 0. The average molecular weight is 235 g/mol. The Morgan fingerprint density at radius 1 is 1.29 bits per heavy atom. The monoisotopic (exact) mass is 235 g/mol. The maximum atomic E-state index is 11.7. The van der Waals surface area contributed by atoms with E-state index in [4.69, 9.17) is 0 Å². The summed E-state index contributed by atoms with van der Waals surface area (Å²) in [7, 11) is 1.50. The van der Waals surface area contributed by atoms with E-state index in [0.29, 0.717) is 12.3 Å². The molecule has 94 valence electrons. The molecule has 0 spiro atoms. The number of aryl methyl sites for hydroxylation is 1. The highest BCUT2D eigenvalue weighted by Crippen LogP contribution is 2.10. The molecule has 4 heteroatoms. The lowest BCUT2D eigenvalue weighted by molar-refractivity contribution is -0.130. The van der Waals surface area contributed by atoms with Crippen molar-refractivity contribution in [2.45, 2.75) is 25.7 Å². The third kappa shape index (κ3) is 4.53. The number of aromatic nitrogens is 1. The zero-order chi connectivity index (χ0) is 12.5. The molecule has 17 heavy (non-hydrogen) atoms. The molecule has 2 heterocycles. The molecule has 2 rings (SSSR count). The van der Waals surface area contributed by atoms with Gasteiger partial charge in [0.15, 0.2) is 0 Å². The van der Waals surface area contributed by atoms with Crippen molar-refractivity contribution in [2.24, 2.45) is 5.73 Å². The van der Waals surface area contributed by atoms with Crippen molar-refractivity contribution in [1.82, 2.24) is 9.88 Å². The lowest BCUT2D eigenvalue weighted by Gasteiger charge is -2.14. The Kier molecular flexibility index (Phi) is 6.25. The van der Waals surface area contributed by atoms with Crippen LogP contribution >= 0.6 is 0 Å². The Morgan fingerprint density at radius 3 is 2.47 bits per heavy atom. The van der Waals surface area contributed by atoms with E-state index in [0.717, 1.165) is 19.5 Å². The van der Waals surface area contributed by atoms with Gasteiger partial charge < -0.3 is 10.6 Å². The van der Waals surface area contributed by atoms with Gasteiger partial charge in [0.1, 0.15) is 0 Å². The molecule has 0 aliphatic carbocycles. The summed E-state index contributed by atoms with van der Waals surface area (Å²) < 4.78 is 0. The largest absolute Gasteiger partial charge is 0.343 e. The van der Waals surface area contributed by atoms with Crippen LogP contribution in [-0.2, 0) is 11.2 Å². The second kappa shape index (κ2) is 7.79. The van der Waals surface area contributed by atoms with E-state index in [2.05, 4.69) is 10.7 Å². The van der Waals surface area contributed by atoms with Gasteiger partial charge in [0, 0.05) is 31.9 Å². The Hall–Kier alpha value is -1.42. The average Bonchev–Trinajstić information content (AvgIpc) is 2.93. The molecule has 1 aliphatic heterocycles. The molecule has 0 bridgehead atoms. The molecule has 0 atom stereocenters. The molecular formula is C13H21N3O. The summed E-state index contributed by atoms with van der Waals surface area (Å²) in [4.78, 5) is 17.7. The van der Waals surface area contributed by atoms with Crippen LogP contribution in [-0.4, -0.2) is 35.9 Å². The van der Waals surface area contributed by atoms with Gasteiger partial charge in [-0.1, -0.05) is 0 Å². The van der Waals surface area contributed by atoms with Crippen molar-refractivity contribution in [3.05, 3.63) is 30.1 Å². The third-order valence-electron chi connectivity index (χ3n) is 2.84. The van der Waals surface area contributed by atoms with Crippen LogP contribution < -0.4 is 5.73 Å². The summed E-state index contributed by atoms with van der Waals surface area (Å²) in [6.07, 6.45) is 7.34. The molecule has 2 N–H and O–H groups in total. The molecule has 4 nitrogen and oxygen atoms in total. The van der Waals surface area contributed by atoms with Crippen LogP contribution in [0.25, 0.3) is 0 Å². The number of nitrogens with zero attached hydrogens (tertiary/aromatic N) is 2. The predicted octanol–water partition coefficient (Wildman–Crippen LogP) is 1.21. The first-order valence-corrected chi connectivity index (χ1v) is 6.11. The zero-order valence-corrected chi connectivity index (χ0v) is 10.4. The minimum absolute atomic E-state index is 0.296. The highest BCUT2D eigenvalue weighted by molar-refractivity contribution is 5.76. The van der Waals surface area contributed by atoms with E-state index in [-0.39, 0.29) is 0 Å². The van der Waals surface area contributed by atoms with Crippen LogP contribution in [0.1, 0.15) is 24.8 Å². The normalized spacial score (nSPS) is 14.1. The van der Waals surface area contributed by atoms with Crippen molar-refractivity contribution in [3.63, 3.8) is 0 Å². The van der Waals surface area contributed by atoms with Gasteiger partial charge in [-0.05, 0) is 44.0 Å². The van der Waals surface area contributed by atoms with E-state index in [1.807, 2.05) is 17.0 Å². The first-order valence-electron chi connectivity index (χ1n) is 6.11. The SMILES string of the molecule is CN.O=C(CCc1ccncc1)N1CCCC1. The summed E-state index contributed by atoms with van der Waals surface area (Å²) in [6.45, 7) is 1.91. The fraction of sp³-hybridized carbons (Fsp3) is 0.538. The molecule has 1 aromatic heterocycles. The van der Waals surface area contributed by atoms with Crippen LogP contribution in [0.4, 0.5) is 0 Å². The molecule has 0 radical (unpaired) electrons. The molecule has 1 aliphatic rings. The Balaban J connectivity index is 0.000000686. The molecule has 1 saturated heterocycles. The van der Waals surface area contributed by atoms with E-state index >= 15 is 0 Å². The number of hydrogen-bond acceptors (Lipinski definition) is 3. The van der Waals surface area contributed by atoms with Crippen molar-refractivity contribution in [3.8, 4) is 0 Å². The number of carbonyl (C=O) groups is 1. The molecule has 1 fully saturated rings. The molecular weight excluding hydrogens is 214 g/mol. The van der Waals surface area contributed by atoms with Gasteiger partial charge in [0.2, 0.25) is 5.91 Å². The molecule has 0 saturated carbocycles.